The van der Waals surface area contributed by atoms with Crippen molar-refractivity contribution >= 4 is 31.9 Å². The van der Waals surface area contributed by atoms with Crippen LogP contribution in [-0.4, -0.2) is 55.4 Å². The zero-order valence-corrected chi connectivity index (χ0v) is 19.5. The normalized spacial score (nSPS) is 13.1. The van der Waals surface area contributed by atoms with Crippen LogP contribution in [0.1, 0.15) is 31.9 Å². The Bertz CT molecular complexity index is 676. The molecular weight excluding hydrogens is 396 g/mol. The van der Waals surface area contributed by atoms with Crippen molar-refractivity contribution in [2.75, 3.05) is 19.0 Å². The lowest BCUT2D eigenvalue weighted by Crippen LogP contribution is -2.51. The second-order valence-corrected chi connectivity index (χ2v) is 13.6. The highest BCUT2D eigenvalue weighted by atomic mass is 35.5. The number of alkyl halides is 1. The molecule has 1 aromatic rings. The van der Waals surface area contributed by atoms with Gasteiger partial charge in [-0.3, -0.25) is 4.79 Å². The number of carbonyl (C=O) groups excluding carboxylic acids is 1. The van der Waals surface area contributed by atoms with Gasteiger partial charge in [-0.05, 0) is 30.6 Å². The Balaban J connectivity index is 3.03. The number of rotatable bonds is 9. The van der Waals surface area contributed by atoms with E-state index in [2.05, 4.69) is 39.2 Å². The van der Waals surface area contributed by atoms with E-state index in [0.717, 1.165) is 11.1 Å². The third-order valence-electron chi connectivity index (χ3n) is 5.10. The van der Waals surface area contributed by atoms with Gasteiger partial charge in [0.25, 0.3) is 0 Å². The molecule has 1 aromatic carbocycles. The van der Waals surface area contributed by atoms with Crippen molar-refractivity contribution in [1.29, 1.82) is 0 Å². The summed E-state index contributed by atoms with van der Waals surface area (Å²) in [6.07, 6.45) is -1.56. The van der Waals surface area contributed by atoms with E-state index in [4.69, 9.17) is 21.1 Å². The van der Waals surface area contributed by atoms with Crippen molar-refractivity contribution in [2.24, 2.45) is 0 Å². The van der Waals surface area contributed by atoms with Crippen LogP contribution >= 0.6 is 11.6 Å². The number of halogens is 1. The molecule has 0 aliphatic rings. The summed E-state index contributed by atoms with van der Waals surface area (Å²) >= 11 is 5.83. The maximum absolute atomic E-state index is 12.5. The first-order valence-corrected chi connectivity index (χ1v) is 12.8. The second-order valence-electron chi connectivity index (χ2n) is 8.58. The molecule has 2 N–H and O–H groups in total. The average molecular weight is 429 g/mol. The molecule has 1 atom stereocenters. The molecule has 0 aliphatic heterocycles. The zero-order valence-electron chi connectivity index (χ0n) is 17.7. The third kappa shape index (κ3) is 7.81. The van der Waals surface area contributed by atoms with Crippen LogP contribution in [-0.2, 0) is 15.8 Å². The molecule has 1 rings (SSSR count). The van der Waals surface area contributed by atoms with Crippen LogP contribution in [0.5, 0.6) is 0 Å². The predicted molar refractivity (Wildman–Crippen MR) is 115 cm³/mol. The molecule has 0 saturated carbocycles. The summed E-state index contributed by atoms with van der Waals surface area (Å²) < 4.78 is 6.42. The summed E-state index contributed by atoms with van der Waals surface area (Å²) in [6.45, 7) is 13.4. The lowest BCUT2D eigenvalue weighted by molar-refractivity contribution is -0.130. The van der Waals surface area contributed by atoms with Crippen LogP contribution in [0.3, 0.4) is 0 Å². The van der Waals surface area contributed by atoms with E-state index in [1.54, 1.807) is 4.90 Å². The summed E-state index contributed by atoms with van der Waals surface area (Å²) in [6, 6.07) is 7.93. The Kier molecular flexibility index (Phi) is 8.98. The number of benzene rings is 1. The summed E-state index contributed by atoms with van der Waals surface area (Å²) in [4.78, 5) is 25.1. The zero-order chi connectivity index (χ0) is 21.5. The van der Waals surface area contributed by atoms with Gasteiger partial charge in [0.15, 0.2) is 8.32 Å². The summed E-state index contributed by atoms with van der Waals surface area (Å²) in [5, 5.41) is 11.4. The van der Waals surface area contributed by atoms with Gasteiger partial charge in [-0.25, -0.2) is 4.79 Å². The number of hydrogen-bond donors (Lipinski definition) is 2. The van der Waals surface area contributed by atoms with Crippen molar-refractivity contribution in [3.63, 3.8) is 0 Å². The smallest absolute Gasteiger partial charge is 0.404 e. The number of nitrogens with one attached hydrogen (secondary N) is 1. The Morgan fingerprint density at radius 3 is 2.46 bits per heavy atom. The van der Waals surface area contributed by atoms with Crippen molar-refractivity contribution in [3.05, 3.63) is 35.4 Å². The fourth-order valence-electron chi connectivity index (χ4n) is 2.55. The second kappa shape index (κ2) is 10.3. The molecule has 0 heterocycles. The van der Waals surface area contributed by atoms with E-state index in [9.17, 15) is 9.59 Å². The number of amides is 2. The Hall–Kier alpha value is -1.57. The quantitative estimate of drug-likeness (QED) is 0.456. The van der Waals surface area contributed by atoms with Gasteiger partial charge in [0.05, 0.1) is 6.10 Å². The third-order valence-corrected chi connectivity index (χ3v) is 9.86. The molecule has 6 nitrogen and oxygen atoms in total. The van der Waals surface area contributed by atoms with E-state index in [1.165, 1.54) is 0 Å². The van der Waals surface area contributed by atoms with Crippen LogP contribution in [0.4, 0.5) is 4.79 Å². The number of carboxylic acid groups (broad SMARTS) is 1. The first kappa shape index (κ1) is 24.5. The van der Waals surface area contributed by atoms with Crippen LogP contribution < -0.4 is 5.32 Å². The predicted octanol–water partition coefficient (Wildman–Crippen LogP) is 4.22. The van der Waals surface area contributed by atoms with Gasteiger partial charge in [0.2, 0.25) is 5.91 Å². The van der Waals surface area contributed by atoms with Crippen molar-refractivity contribution in [2.45, 2.75) is 58.5 Å². The van der Waals surface area contributed by atoms with Crippen LogP contribution in [0.2, 0.25) is 18.1 Å². The van der Waals surface area contributed by atoms with Crippen LogP contribution in [0.25, 0.3) is 0 Å². The fraction of sp³-hybridized carbons (Fsp3) is 0.600. The number of nitrogens with zero attached hydrogens (tertiary/aromatic N) is 1. The van der Waals surface area contributed by atoms with Gasteiger partial charge in [-0.2, -0.15) is 0 Å². The van der Waals surface area contributed by atoms with Gasteiger partial charge in [0, 0.05) is 19.6 Å². The minimum absolute atomic E-state index is 0.0354. The average Bonchev–Trinajstić information content (AvgIpc) is 2.57. The van der Waals surface area contributed by atoms with E-state index in [1.807, 2.05) is 31.2 Å². The molecule has 0 fully saturated rings. The van der Waals surface area contributed by atoms with Crippen molar-refractivity contribution in [1.82, 2.24) is 10.2 Å². The van der Waals surface area contributed by atoms with Gasteiger partial charge in [-0.1, -0.05) is 50.6 Å². The minimum Gasteiger partial charge on any atom is -0.465 e. The lowest BCUT2D eigenvalue weighted by atomic mass is 10.1. The molecule has 8 heteroatoms. The largest absolute Gasteiger partial charge is 0.465 e. The lowest BCUT2D eigenvalue weighted by Gasteiger charge is -2.40. The molecule has 2 amide bonds. The van der Waals surface area contributed by atoms with E-state index in [-0.39, 0.29) is 29.9 Å². The van der Waals surface area contributed by atoms with E-state index < -0.39 is 20.5 Å². The summed E-state index contributed by atoms with van der Waals surface area (Å²) in [7, 11) is -2.16. The van der Waals surface area contributed by atoms with Crippen LogP contribution in [0, 0.1) is 6.92 Å². The molecule has 0 bridgehead atoms. The van der Waals surface area contributed by atoms with E-state index in [0.29, 0.717) is 6.54 Å². The molecule has 0 aromatic heterocycles. The SMILES string of the molecule is Cc1cccc(CN(CC(CNC(=O)O)O[Si](C)(C)C(C)(C)C)C(=O)CCl)c1. The van der Waals surface area contributed by atoms with Gasteiger partial charge >= 0.3 is 6.09 Å². The highest BCUT2D eigenvalue weighted by molar-refractivity contribution is 6.74. The number of aryl methyl sites for hydroxylation is 1. The van der Waals surface area contributed by atoms with Crippen molar-refractivity contribution in [3.8, 4) is 0 Å². The van der Waals surface area contributed by atoms with Crippen LogP contribution in [0.15, 0.2) is 24.3 Å². The molecule has 0 radical (unpaired) electrons. The number of hydrogen-bond acceptors (Lipinski definition) is 3. The van der Waals surface area contributed by atoms with Gasteiger partial charge in [-0.15, -0.1) is 11.6 Å². The van der Waals surface area contributed by atoms with Gasteiger partial charge in [0.1, 0.15) is 5.88 Å². The molecule has 0 aliphatic carbocycles. The summed E-state index contributed by atoms with van der Waals surface area (Å²) in [5.74, 6) is -0.340. The molecule has 1 unspecified atom stereocenters. The topological polar surface area (TPSA) is 78.9 Å². The summed E-state index contributed by atoms with van der Waals surface area (Å²) in [5.41, 5.74) is 2.10. The molecule has 28 heavy (non-hydrogen) atoms. The fourth-order valence-corrected chi connectivity index (χ4v) is 4.07. The van der Waals surface area contributed by atoms with Gasteiger partial charge < -0.3 is 19.7 Å². The Morgan fingerprint density at radius 1 is 1.32 bits per heavy atom. The molecule has 0 saturated heterocycles. The maximum atomic E-state index is 12.5. The monoisotopic (exact) mass is 428 g/mol. The Labute approximate surface area is 174 Å². The first-order valence-electron chi connectivity index (χ1n) is 9.39. The maximum Gasteiger partial charge on any atom is 0.404 e. The van der Waals surface area contributed by atoms with E-state index >= 15 is 0 Å². The Morgan fingerprint density at radius 2 is 1.96 bits per heavy atom. The molecule has 0 spiro atoms. The highest BCUT2D eigenvalue weighted by Crippen LogP contribution is 2.37. The first-order chi connectivity index (χ1) is 12.9. The number of carbonyl (C=O) groups is 2. The minimum atomic E-state index is -2.16. The molecule has 158 valence electrons. The van der Waals surface area contributed by atoms with Crippen molar-refractivity contribution < 1.29 is 19.1 Å². The standard InChI is InChI=1S/C20H33ClN2O4Si/c1-15-8-7-9-16(10-15)13-23(18(24)11-21)14-17(12-22-19(25)26)27-28(5,6)20(2,3)4/h7-10,17,22H,11-14H2,1-6H3,(H,25,26). The molecular formula is C20H33ClN2O4Si. The highest BCUT2D eigenvalue weighted by Gasteiger charge is 2.39.